The van der Waals surface area contributed by atoms with Crippen LogP contribution in [0, 0.1) is 11.6 Å². The molecule has 0 aliphatic carbocycles. The lowest BCUT2D eigenvalue weighted by atomic mass is 9.78. The summed E-state index contributed by atoms with van der Waals surface area (Å²) in [6.45, 7) is -1.09. The van der Waals surface area contributed by atoms with Crippen molar-refractivity contribution in [1.29, 1.82) is 0 Å². The number of alkyl halides is 1. The summed E-state index contributed by atoms with van der Waals surface area (Å²) in [6.07, 6.45) is 1.18. The molecule has 2 aliphatic rings. The Morgan fingerprint density at radius 1 is 1.23 bits per heavy atom. The zero-order valence-corrected chi connectivity index (χ0v) is 15.7. The van der Waals surface area contributed by atoms with E-state index in [1.54, 1.807) is 0 Å². The monoisotopic (exact) mass is 422 g/mol. The molecule has 4 rings (SSSR count). The highest BCUT2D eigenvalue weighted by molar-refractivity contribution is 6.03. The lowest BCUT2D eigenvalue weighted by Gasteiger charge is -2.38. The number of amidine groups is 1. The number of halogens is 3. The molecule has 2 aromatic rings. The average molecular weight is 422 g/mol. The molecule has 2 unspecified atom stereocenters. The molecule has 11 heteroatoms. The first-order valence-electron chi connectivity index (χ1n) is 8.84. The minimum atomic E-state index is -2.15. The summed E-state index contributed by atoms with van der Waals surface area (Å²) in [7, 11) is 1.33. The Morgan fingerprint density at radius 3 is 2.77 bits per heavy atom. The van der Waals surface area contributed by atoms with Crippen molar-refractivity contribution in [3.8, 4) is 5.75 Å². The number of ether oxygens (including phenoxy) is 3. The number of benzene rings is 1. The number of anilines is 1. The van der Waals surface area contributed by atoms with Gasteiger partial charge in [-0.15, -0.1) is 0 Å². The number of rotatable bonds is 4. The topological polar surface area (TPSA) is 108 Å². The predicted octanol–water partition coefficient (Wildman–Crippen LogP) is 1.90. The van der Waals surface area contributed by atoms with Crippen LogP contribution in [0.3, 0.4) is 0 Å². The molecule has 8 nitrogen and oxygen atoms in total. The molecule has 1 aromatic carbocycles. The lowest BCUT2D eigenvalue weighted by Crippen LogP contribution is -2.55. The number of hydrogen-bond acceptors (Lipinski definition) is 7. The normalized spacial score (nSPS) is 25.1. The lowest BCUT2D eigenvalue weighted by molar-refractivity contribution is 0.00905. The number of aromatic nitrogens is 1. The number of aliphatic imine (C=N–C) groups is 1. The molecule has 2 aliphatic heterocycles. The van der Waals surface area contributed by atoms with Gasteiger partial charge in [-0.2, -0.15) is 0 Å². The molecule has 0 bridgehead atoms. The van der Waals surface area contributed by atoms with Crippen molar-refractivity contribution in [1.82, 2.24) is 4.98 Å². The fourth-order valence-electron chi connectivity index (χ4n) is 3.50. The van der Waals surface area contributed by atoms with Crippen LogP contribution in [-0.2, 0) is 15.0 Å². The van der Waals surface area contributed by atoms with Gasteiger partial charge in [0.25, 0.3) is 11.9 Å². The number of amides is 1. The number of nitrogens with zero attached hydrogens (tertiary/aromatic N) is 2. The van der Waals surface area contributed by atoms with Crippen LogP contribution in [0.2, 0.25) is 0 Å². The van der Waals surface area contributed by atoms with E-state index in [-0.39, 0.29) is 36.2 Å². The quantitative estimate of drug-likeness (QED) is 0.779. The highest BCUT2D eigenvalue weighted by Gasteiger charge is 2.62. The van der Waals surface area contributed by atoms with E-state index >= 15 is 4.39 Å². The van der Waals surface area contributed by atoms with Gasteiger partial charge in [0.15, 0.2) is 22.7 Å². The second-order valence-electron chi connectivity index (χ2n) is 6.91. The molecule has 1 amide bonds. The van der Waals surface area contributed by atoms with E-state index in [2.05, 4.69) is 15.3 Å². The maximum atomic E-state index is 15.5. The zero-order valence-electron chi connectivity index (χ0n) is 15.7. The van der Waals surface area contributed by atoms with Gasteiger partial charge in [-0.05, 0) is 18.2 Å². The third kappa shape index (κ3) is 3.11. The molecule has 1 aromatic heterocycles. The van der Waals surface area contributed by atoms with Gasteiger partial charge in [-0.3, -0.25) is 4.79 Å². The summed E-state index contributed by atoms with van der Waals surface area (Å²) in [5.74, 6) is -2.41. The summed E-state index contributed by atoms with van der Waals surface area (Å²) in [4.78, 5) is 20.2. The van der Waals surface area contributed by atoms with Crippen molar-refractivity contribution in [3.05, 3.63) is 53.4 Å². The predicted molar refractivity (Wildman–Crippen MR) is 99.0 cm³/mol. The fraction of sp³-hybridized carbons (Fsp3) is 0.316. The Hall–Kier alpha value is -3.34. The molecule has 0 spiro atoms. The third-order valence-electron chi connectivity index (χ3n) is 5.07. The molecule has 1 fully saturated rings. The van der Waals surface area contributed by atoms with Crippen LogP contribution in [0.1, 0.15) is 16.1 Å². The first-order chi connectivity index (χ1) is 14.3. The van der Waals surface area contributed by atoms with Gasteiger partial charge in [0.1, 0.15) is 18.2 Å². The molecule has 1 saturated heterocycles. The van der Waals surface area contributed by atoms with Crippen LogP contribution >= 0.6 is 0 Å². The van der Waals surface area contributed by atoms with Crippen LogP contribution in [-0.4, -0.2) is 49.5 Å². The molecule has 0 radical (unpaired) electrons. The number of hydrogen-bond donors (Lipinski definition) is 2. The van der Waals surface area contributed by atoms with Gasteiger partial charge in [-0.1, -0.05) is 0 Å². The standard InChI is InChI=1S/C19H17F3N4O4/c1-28-11-5-14(21)15(24-6-11)16(27)25-10-2-3-13(20)12(4-10)19-9-29-7-18(19,22)8-30-17(23)26-19/h2-6H,7-9H2,1H3,(H2,23,26)(H,25,27). The molecule has 3 N–H and O–H groups in total. The van der Waals surface area contributed by atoms with Crippen LogP contribution in [0.25, 0.3) is 0 Å². The van der Waals surface area contributed by atoms with Crippen LogP contribution < -0.4 is 15.8 Å². The second-order valence-corrected chi connectivity index (χ2v) is 6.91. The van der Waals surface area contributed by atoms with E-state index in [9.17, 15) is 13.6 Å². The third-order valence-corrected chi connectivity index (χ3v) is 5.07. The van der Waals surface area contributed by atoms with Gasteiger partial charge in [-0.25, -0.2) is 23.1 Å². The van der Waals surface area contributed by atoms with E-state index in [1.807, 2.05) is 0 Å². The molecular formula is C19H17F3N4O4. The largest absolute Gasteiger partial charge is 0.495 e. The van der Waals surface area contributed by atoms with E-state index in [4.69, 9.17) is 19.9 Å². The van der Waals surface area contributed by atoms with E-state index in [0.717, 1.165) is 12.1 Å². The maximum Gasteiger partial charge on any atom is 0.283 e. The summed E-state index contributed by atoms with van der Waals surface area (Å²) < 4.78 is 59.4. The number of carbonyl (C=O) groups excluding carboxylic acids is 1. The van der Waals surface area contributed by atoms with Crippen molar-refractivity contribution in [3.63, 3.8) is 0 Å². The van der Waals surface area contributed by atoms with Crippen molar-refractivity contribution >= 4 is 17.6 Å². The minimum absolute atomic E-state index is 0.0808. The summed E-state index contributed by atoms with van der Waals surface area (Å²) in [5.41, 5.74) is 1.11. The Balaban J connectivity index is 1.69. The van der Waals surface area contributed by atoms with Crippen LogP contribution in [0.15, 0.2) is 35.5 Å². The van der Waals surface area contributed by atoms with Gasteiger partial charge in [0, 0.05) is 17.3 Å². The van der Waals surface area contributed by atoms with Crippen molar-refractivity contribution in [2.45, 2.75) is 11.2 Å². The Labute approximate surface area is 168 Å². The van der Waals surface area contributed by atoms with E-state index < -0.39 is 41.1 Å². The van der Waals surface area contributed by atoms with Gasteiger partial charge in [0.05, 0.1) is 26.5 Å². The Bertz CT molecular complexity index is 1050. The number of fused-ring (bicyclic) bond motifs is 1. The summed E-state index contributed by atoms with van der Waals surface area (Å²) in [5, 5.41) is 2.42. The average Bonchev–Trinajstić information content (AvgIpc) is 3.06. The van der Waals surface area contributed by atoms with E-state index in [0.29, 0.717) is 0 Å². The van der Waals surface area contributed by atoms with Crippen molar-refractivity contribution in [2.75, 3.05) is 32.2 Å². The number of pyridine rings is 1. The number of nitrogens with one attached hydrogen (secondary N) is 1. The first-order valence-corrected chi connectivity index (χ1v) is 8.84. The van der Waals surface area contributed by atoms with Crippen molar-refractivity contribution in [2.24, 2.45) is 10.7 Å². The summed E-state index contributed by atoms with van der Waals surface area (Å²) in [6, 6.07) is 4.20. The minimum Gasteiger partial charge on any atom is -0.495 e. The van der Waals surface area contributed by atoms with Gasteiger partial charge < -0.3 is 25.3 Å². The molecular weight excluding hydrogens is 405 g/mol. The highest BCUT2D eigenvalue weighted by atomic mass is 19.1. The fourth-order valence-corrected chi connectivity index (χ4v) is 3.50. The summed E-state index contributed by atoms with van der Waals surface area (Å²) >= 11 is 0. The SMILES string of the molecule is COc1cnc(C(=O)Nc2ccc(F)c(C34COCC3(F)COC(N)=N4)c2)c(F)c1. The van der Waals surface area contributed by atoms with Crippen molar-refractivity contribution < 1.29 is 32.2 Å². The number of methoxy groups -OCH3 is 1. The van der Waals surface area contributed by atoms with Gasteiger partial charge >= 0.3 is 0 Å². The Morgan fingerprint density at radius 2 is 2.03 bits per heavy atom. The van der Waals surface area contributed by atoms with E-state index in [1.165, 1.54) is 25.4 Å². The number of nitrogens with two attached hydrogens (primary N) is 1. The van der Waals surface area contributed by atoms with Crippen LogP contribution in [0.4, 0.5) is 18.9 Å². The molecule has 30 heavy (non-hydrogen) atoms. The highest BCUT2D eigenvalue weighted by Crippen LogP contribution is 2.48. The molecule has 0 saturated carbocycles. The Kier molecular flexibility index (Phi) is 4.77. The smallest absolute Gasteiger partial charge is 0.283 e. The first kappa shape index (κ1) is 20.0. The zero-order chi connectivity index (χ0) is 21.5. The molecule has 3 heterocycles. The second kappa shape index (κ2) is 7.17. The number of carbonyl (C=O) groups is 1. The molecule has 2 atom stereocenters. The maximum absolute atomic E-state index is 15.5. The van der Waals surface area contributed by atoms with Gasteiger partial charge in [0.2, 0.25) is 0 Å². The van der Waals surface area contributed by atoms with Crippen LogP contribution in [0.5, 0.6) is 5.75 Å². The molecule has 158 valence electrons.